The summed E-state index contributed by atoms with van der Waals surface area (Å²) in [5.41, 5.74) is 3.85. The summed E-state index contributed by atoms with van der Waals surface area (Å²) < 4.78 is 11.0. The summed E-state index contributed by atoms with van der Waals surface area (Å²) in [5, 5.41) is 0.684. The molecule has 0 N–H and O–H groups in total. The monoisotopic (exact) mass is 465 g/mol. The van der Waals surface area contributed by atoms with Crippen molar-refractivity contribution in [3.05, 3.63) is 76.0 Å². The first-order chi connectivity index (χ1) is 15.7. The Labute approximate surface area is 199 Å². The number of Topliss-reactive ketones (excluding diaryl/α,β-unsaturated/α-hetero) is 1. The molecule has 4 rings (SSSR count). The number of aliphatic imine (C=N–C) groups is 1. The smallest absolute Gasteiger partial charge is 0.315 e. The van der Waals surface area contributed by atoms with Gasteiger partial charge in [0, 0.05) is 34.3 Å². The molecule has 5 nitrogen and oxygen atoms in total. The number of esters is 1. The molecule has 2 aromatic carbocycles. The summed E-state index contributed by atoms with van der Waals surface area (Å²) >= 11 is 5.94. The van der Waals surface area contributed by atoms with Crippen LogP contribution in [0.5, 0.6) is 5.75 Å². The molecule has 0 fully saturated rings. The summed E-state index contributed by atoms with van der Waals surface area (Å²) in [6.45, 7) is 6.41. The Morgan fingerprint density at radius 1 is 1.09 bits per heavy atom. The van der Waals surface area contributed by atoms with Crippen LogP contribution in [0.25, 0.3) is 0 Å². The summed E-state index contributed by atoms with van der Waals surface area (Å²) in [6.07, 6.45) is 1.14. The first-order valence-electron chi connectivity index (χ1n) is 11.0. The van der Waals surface area contributed by atoms with E-state index in [9.17, 15) is 9.59 Å². The number of halogens is 1. The van der Waals surface area contributed by atoms with Gasteiger partial charge in [0.15, 0.2) is 5.78 Å². The van der Waals surface area contributed by atoms with Gasteiger partial charge in [-0.2, -0.15) is 0 Å². The SMILES string of the molecule is COC(=O)C1C(C)=NC2=C(C(=O)CC(C)(C)C2)C1c1ccc(OCc2ccc(Cl)cc2)cc1. The number of hydrogen-bond acceptors (Lipinski definition) is 5. The molecular formula is C27H28ClNO4. The highest BCUT2D eigenvalue weighted by Crippen LogP contribution is 2.48. The molecule has 2 aliphatic rings. The highest BCUT2D eigenvalue weighted by Gasteiger charge is 2.45. The minimum atomic E-state index is -0.625. The Hall–Kier alpha value is -2.92. The molecule has 0 saturated heterocycles. The average molecular weight is 466 g/mol. The van der Waals surface area contributed by atoms with E-state index in [-0.39, 0.29) is 17.2 Å². The fourth-order valence-corrected chi connectivity index (χ4v) is 4.88. The van der Waals surface area contributed by atoms with Crippen molar-refractivity contribution in [3.8, 4) is 5.75 Å². The standard InChI is InChI=1S/C27H28ClNO4/c1-16-23(26(31)32-4)24(25-21(29-16)13-27(2,3)14-22(25)30)18-7-11-20(12-8-18)33-15-17-5-9-19(28)10-6-17/h5-12,23-24H,13-15H2,1-4H3. The third-order valence-corrected chi connectivity index (χ3v) is 6.57. The van der Waals surface area contributed by atoms with E-state index in [4.69, 9.17) is 26.1 Å². The lowest BCUT2D eigenvalue weighted by Gasteiger charge is -2.38. The lowest BCUT2D eigenvalue weighted by molar-refractivity contribution is -0.143. The number of ketones is 1. The van der Waals surface area contributed by atoms with Crippen LogP contribution < -0.4 is 4.74 Å². The largest absolute Gasteiger partial charge is 0.489 e. The first-order valence-corrected chi connectivity index (χ1v) is 11.4. The number of carbonyl (C=O) groups is 2. The zero-order chi connectivity index (χ0) is 23.8. The molecule has 1 heterocycles. The van der Waals surface area contributed by atoms with E-state index in [1.54, 1.807) is 0 Å². The van der Waals surface area contributed by atoms with Crippen molar-refractivity contribution >= 4 is 29.1 Å². The van der Waals surface area contributed by atoms with E-state index in [1.807, 2.05) is 55.5 Å². The number of benzene rings is 2. The average Bonchev–Trinajstić information content (AvgIpc) is 2.77. The lowest BCUT2D eigenvalue weighted by Crippen LogP contribution is -2.39. The van der Waals surface area contributed by atoms with Gasteiger partial charge in [-0.1, -0.05) is 49.7 Å². The Bertz CT molecular complexity index is 1130. The molecule has 33 heavy (non-hydrogen) atoms. The molecule has 0 radical (unpaired) electrons. The van der Waals surface area contributed by atoms with E-state index in [1.165, 1.54) is 7.11 Å². The van der Waals surface area contributed by atoms with Crippen molar-refractivity contribution in [1.29, 1.82) is 0 Å². The molecule has 1 aliphatic heterocycles. The van der Waals surface area contributed by atoms with Gasteiger partial charge in [0.2, 0.25) is 0 Å². The second kappa shape index (κ2) is 9.14. The fraction of sp³-hybridized carbons (Fsp3) is 0.370. The van der Waals surface area contributed by atoms with E-state index in [0.29, 0.717) is 41.5 Å². The minimum Gasteiger partial charge on any atom is -0.489 e. The van der Waals surface area contributed by atoms with Crippen LogP contribution in [0.2, 0.25) is 5.02 Å². The third kappa shape index (κ3) is 4.88. The molecule has 6 heteroatoms. The van der Waals surface area contributed by atoms with Gasteiger partial charge in [0.25, 0.3) is 0 Å². The minimum absolute atomic E-state index is 0.0551. The zero-order valence-corrected chi connectivity index (χ0v) is 20.1. The first kappa shape index (κ1) is 23.2. The van der Waals surface area contributed by atoms with Crippen molar-refractivity contribution in [2.75, 3.05) is 7.11 Å². The Morgan fingerprint density at radius 2 is 1.76 bits per heavy atom. The predicted molar refractivity (Wildman–Crippen MR) is 129 cm³/mol. The van der Waals surface area contributed by atoms with E-state index in [0.717, 1.165) is 16.8 Å². The van der Waals surface area contributed by atoms with Gasteiger partial charge in [-0.05, 0) is 54.2 Å². The van der Waals surface area contributed by atoms with Gasteiger partial charge in [-0.3, -0.25) is 14.6 Å². The van der Waals surface area contributed by atoms with Gasteiger partial charge >= 0.3 is 5.97 Å². The molecule has 2 aromatic rings. The summed E-state index contributed by atoms with van der Waals surface area (Å²) in [7, 11) is 1.37. The maximum absolute atomic E-state index is 13.2. The molecular weight excluding hydrogens is 438 g/mol. The fourth-order valence-electron chi connectivity index (χ4n) is 4.76. The number of rotatable bonds is 5. The molecule has 0 spiro atoms. The van der Waals surface area contributed by atoms with Crippen LogP contribution in [0.4, 0.5) is 0 Å². The van der Waals surface area contributed by atoms with Gasteiger partial charge in [0.05, 0.1) is 7.11 Å². The normalized spacial score (nSPS) is 21.8. The number of hydrogen-bond donors (Lipinski definition) is 0. The third-order valence-electron chi connectivity index (χ3n) is 6.32. The van der Waals surface area contributed by atoms with Crippen LogP contribution in [0.15, 0.2) is 64.8 Å². The molecule has 0 bridgehead atoms. The topological polar surface area (TPSA) is 65.0 Å². The summed E-state index contributed by atoms with van der Waals surface area (Å²) in [6, 6.07) is 15.1. The van der Waals surface area contributed by atoms with Crippen LogP contribution in [-0.2, 0) is 20.9 Å². The van der Waals surface area contributed by atoms with Crippen molar-refractivity contribution in [2.45, 2.75) is 46.1 Å². The van der Waals surface area contributed by atoms with Crippen molar-refractivity contribution in [1.82, 2.24) is 0 Å². The number of carbonyl (C=O) groups excluding carboxylic acids is 2. The Morgan fingerprint density at radius 3 is 2.39 bits per heavy atom. The highest BCUT2D eigenvalue weighted by atomic mass is 35.5. The van der Waals surface area contributed by atoms with Crippen LogP contribution >= 0.6 is 11.6 Å². The molecule has 172 valence electrons. The van der Waals surface area contributed by atoms with E-state index in [2.05, 4.69) is 13.8 Å². The lowest BCUT2D eigenvalue weighted by atomic mass is 9.67. The van der Waals surface area contributed by atoms with Crippen LogP contribution in [0, 0.1) is 11.3 Å². The van der Waals surface area contributed by atoms with E-state index >= 15 is 0 Å². The van der Waals surface area contributed by atoms with Crippen LogP contribution in [-0.4, -0.2) is 24.6 Å². The van der Waals surface area contributed by atoms with Crippen LogP contribution in [0.3, 0.4) is 0 Å². The predicted octanol–water partition coefficient (Wildman–Crippen LogP) is 5.91. The molecule has 0 saturated carbocycles. The molecule has 0 aromatic heterocycles. The van der Waals surface area contributed by atoms with Crippen LogP contribution in [0.1, 0.15) is 50.7 Å². The Kier molecular flexibility index (Phi) is 6.44. The number of ether oxygens (including phenoxy) is 2. The quantitative estimate of drug-likeness (QED) is 0.515. The van der Waals surface area contributed by atoms with E-state index < -0.39 is 11.8 Å². The molecule has 1 aliphatic carbocycles. The van der Waals surface area contributed by atoms with Gasteiger partial charge < -0.3 is 9.47 Å². The molecule has 0 amide bonds. The maximum Gasteiger partial charge on any atom is 0.315 e. The maximum atomic E-state index is 13.2. The number of nitrogens with zero attached hydrogens (tertiary/aromatic N) is 1. The zero-order valence-electron chi connectivity index (χ0n) is 19.4. The molecule has 2 unspecified atom stereocenters. The second-order valence-electron chi connectivity index (χ2n) is 9.52. The second-order valence-corrected chi connectivity index (χ2v) is 9.95. The summed E-state index contributed by atoms with van der Waals surface area (Å²) in [4.78, 5) is 30.7. The molecule has 2 atom stereocenters. The number of methoxy groups -OCH3 is 1. The van der Waals surface area contributed by atoms with Gasteiger partial charge in [-0.15, -0.1) is 0 Å². The Balaban J connectivity index is 1.64. The highest BCUT2D eigenvalue weighted by molar-refractivity contribution is 6.30. The number of allylic oxidation sites excluding steroid dienone is 2. The summed E-state index contributed by atoms with van der Waals surface area (Å²) in [5.74, 6) is -0.665. The van der Waals surface area contributed by atoms with Crippen molar-refractivity contribution < 1.29 is 19.1 Å². The van der Waals surface area contributed by atoms with Gasteiger partial charge in [0.1, 0.15) is 18.3 Å². The van der Waals surface area contributed by atoms with Crippen molar-refractivity contribution in [3.63, 3.8) is 0 Å². The van der Waals surface area contributed by atoms with Gasteiger partial charge in [-0.25, -0.2) is 0 Å². The van der Waals surface area contributed by atoms with Crippen molar-refractivity contribution in [2.24, 2.45) is 16.3 Å².